The Labute approximate surface area is 160 Å². The van der Waals surface area contributed by atoms with Gasteiger partial charge in [0.05, 0.1) is 0 Å². The minimum absolute atomic E-state index is 0.0991. The molecule has 2 amide bonds. The highest BCUT2D eigenvalue weighted by Crippen LogP contribution is 2.19. The molecule has 2 N–H and O–H groups in total. The molecule has 1 fully saturated rings. The molecule has 5 nitrogen and oxygen atoms in total. The second kappa shape index (κ2) is 9.33. The fourth-order valence-electron chi connectivity index (χ4n) is 3.41. The van der Waals surface area contributed by atoms with E-state index in [1.165, 1.54) is 0 Å². The molecule has 1 aliphatic heterocycles. The van der Waals surface area contributed by atoms with Crippen LogP contribution in [-0.4, -0.2) is 47.6 Å². The Morgan fingerprint density at radius 1 is 0.926 bits per heavy atom. The van der Waals surface area contributed by atoms with Crippen molar-refractivity contribution in [3.05, 3.63) is 60.2 Å². The zero-order valence-corrected chi connectivity index (χ0v) is 15.4. The van der Waals surface area contributed by atoms with E-state index in [-0.39, 0.29) is 24.8 Å². The van der Waals surface area contributed by atoms with Crippen LogP contribution in [0.2, 0.25) is 0 Å². The number of hydrogen-bond acceptors (Lipinski definition) is 3. The Morgan fingerprint density at radius 3 is 2.19 bits per heavy atom. The molecular formula is C22H26N2O3. The highest BCUT2D eigenvalue weighted by Gasteiger charge is 2.26. The van der Waals surface area contributed by atoms with Crippen molar-refractivity contribution >= 4 is 11.8 Å². The Bertz CT molecular complexity index is 753. The van der Waals surface area contributed by atoms with Crippen molar-refractivity contribution in [3.8, 4) is 11.1 Å². The predicted octanol–water partition coefficient (Wildman–Crippen LogP) is 2.85. The molecule has 1 aliphatic rings. The van der Waals surface area contributed by atoms with Gasteiger partial charge in [0.25, 0.3) is 5.91 Å². The Hall–Kier alpha value is -2.66. The fraction of sp³-hybridized carbons (Fsp3) is 0.364. The number of amides is 2. The lowest BCUT2D eigenvalue weighted by Gasteiger charge is -2.30. The molecule has 2 aromatic rings. The van der Waals surface area contributed by atoms with Crippen LogP contribution < -0.4 is 5.32 Å². The summed E-state index contributed by atoms with van der Waals surface area (Å²) in [6.07, 6.45) is 3.34. The van der Waals surface area contributed by atoms with Gasteiger partial charge in [0.15, 0.2) is 0 Å². The average molecular weight is 366 g/mol. The third kappa shape index (κ3) is 4.95. The maximum atomic E-state index is 12.7. The number of carbonyl (C=O) groups excluding carboxylic acids is 2. The largest absolute Gasteiger partial charge is 0.396 e. The van der Waals surface area contributed by atoms with Crippen LogP contribution in [0, 0.1) is 0 Å². The van der Waals surface area contributed by atoms with Crippen molar-refractivity contribution in [1.82, 2.24) is 10.2 Å². The second-order valence-electron chi connectivity index (χ2n) is 6.87. The third-order valence-electron chi connectivity index (χ3n) is 4.94. The first-order chi connectivity index (χ1) is 13.2. The van der Waals surface area contributed by atoms with E-state index in [0.717, 1.165) is 43.5 Å². The average Bonchev–Trinajstić information content (AvgIpc) is 2.74. The summed E-state index contributed by atoms with van der Waals surface area (Å²) in [4.78, 5) is 27.1. The number of likely N-dealkylation sites (tertiary alicyclic amines) is 1. The lowest BCUT2D eigenvalue weighted by Crippen LogP contribution is -2.50. The van der Waals surface area contributed by atoms with Crippen molar-refractivity contribution in [1.29, 1.82) is 0 Å². The predicted molar refractivity (Wildman–Crippen MR) is 105 cm³/mol. The van der Waals surface area contributed by atoms with Gasteiger partial charge in [0.2, 0.25) is 5.91 Å². The Kier molecular flexibility index (Phi) is 6.60. The highest BCUT2D eigenvalue weighted by molar-refractivity contribution is 5.97. The molecule has 0 aromatic heterocycles. The smallest absolute Gasteiger partial charge is 0.251 e. The van der Waals surface area contributed by atoms with E-state index < -0.39 is 6.04 Å². The zero-order chi connectivity index (χ0) is 19.1. The van der Waals surface area contributed by atoms with Gasteiger partial charge < -0.3 is 15.3 Å². The number of nitrogens with one attached hydrogen (secondary N) is 1. The summed E-state index contributed by atoms with van der Waals surface area (Å²) in [5.41, 5.74) is 2.62. The van der Waals surface area contributed by atoms with Gasteiger partial charge in [0.1, 0.15) is 6.04 Å². The standard InChI is InChI=1S/C22H26N2O3/c25-16-13-20(22(27)24-14-5-2-6-15-24)23-21(26)19-11-9-18(10-12-19)17-7-3-1-4-8-17/h1,3-4,7-12,20,25H,2,5-6,13-16H2,(H,23,26)/t20-/m0/s1. The molecule has 0 unspecified atom stereocenters. The summed E-state index contributed by atoms with van der Waals surface area (Å²) in [5.74, 6) is -0.392. The molecular weight excluding hydrogens is 340 g/mol. The fourth-order valence-corrected chi connectivity index (χ4v) is 3.41. The molecule has 1 atom stereocenters. The summed E-state index contributed by atoms with van der Waals surface area (Å²) < 4.78 is 0. The van der Waals surface area contributed by atoms with Crippen molar-refractivity contribution in [2.45, 2.75) is 31.7 Å². The molecule has 0 aliphatic carbocycles. The molecule has 0 spiro atoms. The molecule has 0 saturated carbocycles. The second-order valence-corrected chi connectivity index (χ2v) is 6.87. The number of piperidine rings is 1. The quantitative estimate of drug-likeness (QED) is 0.826. The topological polar surface area (TPSA) is 69.6 Å². The molecule has 0 bridgehead atoms. The molecule has 27 heavy (non-hydrogen) atoms. The number of benzene rings is 2. The number of aliphatic hydroxyl groups excluding tert-OH is 1. The van der Waals surface area contributed by atoms with Gasteiger partial charge >= 0.3 is 0 Å². The molecule has 0 radical (unpaired) electrons. The van der Waals surface area contributed by atoms with Gasteiger partial charge in [-0.25, -0.2) is 0 Å². The van der Waals surface area contributed by atoms with Crippen molar-refractivity contribution in [2.24, 2.45) is 0 Å². The number of rotatable bonds is 6. The van der Waals surface area contributed by atoms with Gasteiger partial charge in [-0.1, -0.05) is 42.5 Å². The summed E-state index contributed by atoms with van der Waals surface area (Å²) in [6.45, 7) is 1.31. The lowest BCUT2D eigenvalue weighted by molar-refractivity contribution is -0.134. The summed E-state index contributed by atoms with van der Waals surface area (Å²) in [7, 11) is 0. The van der Waals surface area contributed by atoms with Crippen LogP contribution in [0.1, 0.15) is 36.0 Å². The van der Waals surface area contributed by atoms with Crippen LogP contribution in [-0.2, 0) is 4.79 Å². The first-order valence-corrected chi connectivity index (χ1v) is 9.55. The number of nitrogens with zero attached hydrogens (tertiary/aromatic N) is 1. The van der Waals surface area contributed by atoms with Crippen LogP contribution in [0.25, 0.3) is 11.1 Å². The van der Waals surface area contributed by atoms with Crippen LogP contribution in [0.15, 0.2) is 54.6 Å². The van der Waals surface area contributed by atoms with E-state index >= 15 is 0 Å². The van der Waals surface area contributed by atoms with Gasteiger partial charge in [-0.2, -0.15) is 0 Å². The van der Waals surface area contributed by atoms with Crippen molar-refractivity contribution in [2.75, 3.05) is 19.7 Å². The van der Waals surface area contributed by atoms with Gasteiger partial charge in [-0.15, -0.1) is 0 Å². The number of hydrogen-bond donors (Lipinski definition) is 2. The molecule has 1 saturated heterocycles. The number of aliphatic hydroxyl groups is 1. The van der Waals surface area contributed by atoms with E-state index in [2.05, 4.69) is 5.32 Å². The normalized spacial score (nSPS) is 15.2. The van der Waals surface area contributed by atoms with E-state index in [0.29, 0.717) is 5.56 Å². The monoisotopic (exact) mass is 366 g/mol. The lowest BCUT2D eigenvalue weighted by atomic mass is 10.0. The van der Waals surface area contributed by atoms with Crippen LogP contribution in [0.5, 0.6) is 0 Å². The van der Waals surface area contributed by atoms with Crippen LogP contribution in [0.4, 0.5) is 0 Å². The van der Waals surface area contributed by atoms with E-state index in [9.17, 15) is 14.7 Å². The third-order valence-corrected chi connectivity index (χ3v) is 4.94. The van der Waals surface area contributed by atoms with Crippen LogP contribution >= 0.6 is 0 Å². The first kappa shape index (κ1) is 19.1. The van der Waals surface area contributed by atoms with Crippen LogP contribution in [0.3, 0.4) is 0 Å². The van der Waals surface area contributed by atoms with Crippen molar-refractivity contribution < 1.29 is 14.7 Å². The summed E-state index contributed by atoms with van der Waals surface area (Å²) >= 11 is 0. The maximum Gasteiger partial charge on any atom is 0.251 e. The minimum Gasteiger partial charge on any atom is -0.396 e. The van der Waals surface area contributed by atoms with E-state index in [4.69, 9.17) is 0 Å². The Balaban J connectivity index is 1.67. The minimum atomic E-state index is -0.686. The molecule has 142 valence electrons. The highest BCUT2D eigenvalue weighted by atomic mass is 16.3. The van der Waals surface area contributed by atoms with Gasteiger partial charge in [-0.3, -0.25) is 9.59 Å². The Morgan fingerprint density at radius 2 is 1.56 bits per heavy atom. The number of carbonyl (C=O) groups is 2. The molecule has 5 heteroatoms. The zero-order valence-electron chi connectivity index (χ0n) is 15.4. The van der Waals surface area contributed by atoms with E-state index in [1.54, 1.807) is 17.0 Å². The summed E-state index contributed by atoms with van der Waals surface area (Å²) in [6, 6.07) is 16.6. The van der Waals surface area contributed by atoms with Crippen molar-refractivity contribution in [3.63, 3.8) is 0 Å². The van der Waals surface area contributed by atoms with Gasteiger partial charge in [-0.05, 0) is 48.9 Å². The molecule has 3 rings (SSSR count). The first-order valence-electron chi connectivity index (χ1n) is 9.55. The molecule has 1 heterocycles. The summed E-state index contributed by atoms with van der Waals surface area (Å²) in [5, 5.41) is 12.1. The van der Waals surface area contributed by atoms with Gasteiger partial charge in [0, 0.05) is 25.3 Å². The van der Waals surface area contributed by atoms with E-state index in [1.807, 2.05) is 42.5 Å². The SMILES string of the molecule is O=C(N[C@@H](CCO)C(=O)N1CCCCC1)c1ccc(-c2ccccc2)cc1. The molecule has 2 aromatic carbocycles. The maximum absolute atomic E-state index is 12.7.